The number of rotatable bonds is 2. The van der Waals surface area contributed by atoms with Crippen molar-refractivity contribution in [2.75, 3.05) is 18.0 Å². The topological polar surface area (TPSA) is 53.4 Å². The van der Waals surface area contributed by atoms with Gasteiger partial charge in [-0.15, -0.1) is 11.3 Å². The van der Waals surface area contributed by atoms with Crippen LogP contribution in [-0.2, 0) is 4.79 Å². The van der Waals surface area contributed by atoms with E-state index in [2.05, 4.69) is 9.88 Å². The number of anilines is 1. The molecule has 1 saturated heterocycles. The standard InChI is InChI=1S/C10H14N2O2S/c1-6-7(2)15-10(11-6)12-4-3-8(5-12)9(13)14/h8H,3-5H2,1-2H3,(H,13,14). The van der Waals surface area contributed by atoms with Crippen molar-refractivity contribution < 1.29 is 9.90 Å². The van der Waals surface area contributed by atoms with E-state index in [4.69, 9.17) is 5.11 Å². The first-order valence-corrected chi connectivity index (χ1v) is 5.81. The van der Waals surface area contributed by atoms with E-state index in [1.807, 2.05) is 13.8 Å². The molecular formula is C10H14N2O2S. The minimum absolute atomic E-state index is 0.227. The average molecular weight is 226 g/mol. The summed E-state index contributed by atoms with van der Waals surface area (Å²) in [5.74, 6) is -0.919. The molecule has 0 radical (unpaired) electrons. The lowest BCUT2D eigenvalue weighted by molar-refractivity contribution is -0.140. The molecule has 4 nitrogen and oxygen atoms in total. The summed E-state index contributed by atoms with van der Waals surface area (Å²) in [6.07, 6.45) is 0.729. The first kappa shape index (κ1) is 10.4. The fourth-order valence-corrected chi connectivity index (χ4v) is 2.67. The van der Waals surface area contributed by atoms with Crippen LogP contribution in [0.4, 0.5) is 5.13 Å². The van der Waals surface area contributed by atoms with E-state index in [1.54, 1.807) is 11.3 Å². The van der Waals surface area contributed by atoms with Gasteiger partial charge in [0.1, 0.15) is 0 Å². The summed E-state index contributed by atoms with van der Waals surface area (Å²) in [5, 5.41) is 9.86. The highest BCUT2D eigenvalue weighted by Gasteiger charge is 2.29. The van der Waals surface area contributed by atoms with E-state index in [-0.39, 0.29) is 5.92 Å². The highest BCUT2D eigenvalue weighted by molar-refractivity contribution is 7.15. The van der Waals surface area contributed by atoms with Gasteiger partial charge in [0, 0.05) is 18.0 Å². The molecule has 2 rings (SSSR count). The van der Waals surface area contributed by atoms with Crippen molar-refractivity contribution >= 4 is 22.4 Å². The van der Waals surface area contributed by atoms with E-state index in [0.29, 0.717) is 6.54 Å². The average Bonchev–Trinajstić information content (AvgIpc) is 2.74. The number of aromatic nitrogens is 1. The summed E-state index contributed by atoms with van der Waals surface area (Å²) >= 11 is 1.65. The van der Waals surface area contributed by atoms with Crippen LogP contribution in [-0.4, -0.2) is 29.1 Å². The second-order valence-corrected chi connectivity index (χ2v) is 5.09. The summed E-state index contributed by atoms with van der Waals surface area (Å²) in [5.41, 5.74) is 1.05. The predicted molar refractivity (Wildman–Crippen MR) is 59.5 cm³/mol. The van der Waals surface area contributed by atoms with Gasteiger partial charge >= 0.3 is 5.97 Å². The Labute approximate surface area is 92.6 Å². The lowest BCUT2D eigenvalue weighted by atomic mass is 10.1. The molecule has 1 unspecified atom stereocenters. The fourth-order valence-electron chi connectivity index (χ4n) is 1.73. The molecular weight excluding hydrogens is 212 g/mol. The number of hydrogen-bond acceptors (Lipinski definition) is 4. The number of carboxylic acids is 1. The minimum Gasteiger partial charge on any atom is -0.481 e. The Bertz CT molecular complexity index is 369. The van der Waals surface area contributed by atoms with Crippen molar-refractivity contribution in [3.8, 4) is 0 Å². The first-order valence-electron chi connectivity index (χ1n) is 4.99. The van der Waals surface area contributed by atoms with E-state index in [0.717, 1.165) is 23.8 Å². The van der Waals surface area contributed by atoms with Crippen molar-refractivity contribution in [1.29, 1.82) is 0 Å². The van der Waals surface area contributed by atoms with Crippen molar-refractivity contribution in [3.05, 3.63) is 10.6 Å². The molecule has 1 aromatic rings. The maximum absolute atomic E-state index is 10.8. The van der Waals surface area contributed by atoms with Gasteiger partial charge in [0.25, 0.3) is 0 Å². The van der Waals surface area contributed by atoms with E-state index in [1.165, 1.54) is 4.88 Å². The summed E-state index contributed by atoms with van der Waals surface area (Å²) in [7, 11) is 0. The van der Waals surface area contributed by atoms with Crippen LogP contribution in [0.25, 0.3) is 0 Å². The van der Waals surface area contributed by atoms with Gasteiger partial charge in [0.2, 0.25) is 0 Å². The van der Waals surface area contributed by atoms with Gasteiger partial charge in [0.05, 0.1) is 11.6 Å². The lowest BCUT2D eigenvalue weighted by Crippen LogP contribution is -2.22. The van der Waals surface area contributed by atoms with Gasteiger partial charge in [0.15, 0.2) is 5.13 Å². The Balaban J connectivity index is 2.11. The van der Waals surface area contributed by atoms with Crippen molar-refractivity contribution in [3.63, 3.8) is 0 Å². The molecule has 5 heteroatoms. The van der Waals surface area contributed by atoms with E-state index < -0.39 is 5.97 Å². The van der Waals surface area contributed by atoms with Gasteiger partial charge in [-0.2, -0.15) is 0 Å². The van der Waals surface area contributed by atoms with Crippen LogP contribution in [0.15, 0.2) is 0 Å². The molecule has 2 heterocycles. The summed E-state index contributed by atoms with van der Waals surface area (Å²) < 4.78 is 0. The number of aryl methyl sites for hydroxylation is 2. The van der Waals surface area contributed by atoms with Gasteiger partial charge in [-0.1, -0.05) is 0 Å². The molecule has 15 heavy (non-hydrogen) atoms. The van der Waals surface area contributed by atoms with Crippen molar-refractivity contribution in [1.82, 2.24) is 4.98 Å². The Morgan fingerprint density at radius 1 is 1.60 bits per heavy atom. The van der Waals surface area contributed by atoms with Gasteiger partial charge in [-0.05, 0) is 20.3 Å². The van der Waals surface area contributed by atoms with Crippen molar-refractivity contribution in [2.45, 2.75) is 20.3 Å². The maximum atomic E-state index is 10.8. The third-order valence-corrected chi connectivity index (χ3v) is 3.96. The van der Waals surface area contributed by atoms with Crippen LogP contribution in [0.5, 0.6) is 0 Å². The fraction of sp³-hybridized carbons (Fsp3) is 0.600. The molecule has 82 valence electrons. The van der Waals surface area contributed by atoms with Gasteiger partial charge < -0.3 is 10.0 Å². The quantitative estimate of drug-likeness (QED) is 0.833. The largest absolute Gasteiger partial charge is 0.481 e. The van der Waals surface area contributed by atoms with Crippen molar-refractivity contribution in [2.24, 2.45) is 5.92 Å². The highest BCUT2D eigenvalue weighted by atomic mass is 32.1. The molecule has 0 bridgehead atoms. The van der Waals surface area contributed by atoms with E-state index in [9.17, 15) is 4.79 Å². The maximum Gasteiger partial charge on any atom is 0.308 e. The number of aliphatic carboxylic acids is 1. The lowest BCUT2D eigenvalue weighted by Gasteiger charge is -2.13. The zero-order valence-electron chi connectivity index (χ0n) is 8.86. The monoisotopic (exact) mass is 226 g/mol. The summed E-state index contributed by atoms with van der Waals surface area (Å²) in [6, 6.07) is 0. The van der Waals surface area contributed by atoms with Crippen LogP contribution in [0.1, 0.15) is 17.0 Å². The van der Waals surface area contributed by atoms with Crippen LogP contribution in [0, 0.1) is 19.8 Å². The number of nitrogens with zero attached hydrogens (tertiary/aromatic N) is 2. The molecule has 1 fully saturated rings. The molecule has 0 amide bonds. The molecule has 1 aromatic heterocycles. The molecule has 0 aliphatic carbocycles. The van der Waals surface area contributed by atoms with Gasteiger partial charge in [-0.25, -0.2) is 4.98 Å². The number of thiazole rings is 1. The van der Waals surface area contributed by atoms with E-state index >= 15 is 0 Å². The highest BCUT2D eigenvalue weighted by Crippen LogP contribution is 2.29. The second kappa shape index (κ2) is 3.81. The summed E-state index contributed by atoms with van der Waals surface area (Å²) in [6.45, 7) is 5.44. The molecule has 0 saturated carbocycles. The van der Waals surface area contributed by atoms with Crippen LogP contribution in [0.2, 0.25) is 0 Å². The third kappa shape index (κ3) is 1.97. The predicted octanol–water partition coefficient (Wildman–Crippen LogP) is 1.67. The minimum atomic E-state index is -0.692. The Kier molecular flexibility index (Phi) is 2.65. The third-order valence-electron chi connectivity index (χ3n) is 2.83. The molecule has 0 aromatic carbocycles. The smallest absolute Gasteiger partial charge is 0.308 e. The zero-order chi connectivity index (χ0) is 11.0. The van der Waals surface area contributed by atoms with Crippen LogP contribution in [0.3, 0.4) is 0 Å². The SMILES string of the molecule is Cc1nc(N2CCC(C(=O)O)C2)sc1C. The van der Waals surface area contributed by atoms with Gasteiger partial charge in [-0.3, -0.25) is 4.79 Å². The molecule has 1 aliphatic heterocycles. The van der Waals surface area contributed by atoms with Crippen LogP contribution < -0.4 is 4.90 Å². The zero-order valence-corrected chi connectivity index (χ0v) is 9.67. The molecule has 1 aliphatic rings. The Morgan fingerprint density at radius 3 is 2.80 bits per heavy atom. The normalized spacial score (nSPS) is 20.9. The number of carboxylic acid groups (broad SMARTS) is 1. The summed E-state index contributed by atoms with van der Waals surface area (Å²) in [4.78, 5) is 18.5. The molecule has 1 atom stereocenters. The Hall–Kier alpha value is -1.10. The Morgan fingerprint density at radius 2 is 2.33 bits per heavy atom. The molecule has 0 spiro atoms. The van der Waals surface area contributed by atoms with Crippen LogP contribution >= 0.6 is 11.3 Å². The number of carbonyl (C=O) groups is 1. The molecule has 1 N–H and O–H groups in total. The second-order valence-electron chi connectivity index (χ2n) is 3.91. The number of hydrogen-bond donors (Lipinski definition) is 1. The first-order chi connectivity index (χ1) is 7.08.